The van der Waals surface area contributed by atoms with Crippen LogP contribution in [0, 0.1) is 0 Å². The van der Waals surface area contributed by atoms with Crippen LogP contribution in [0.25, 0.3) is 0 Å². The van der Waals surface area contributed by atoms with Crippen molar-refractivity contribution in [2.45, 2.75) is 18.9 Å². The van der Waals surface area contributed by atoms with Gasteiger partial charge in [0.05, 0.1) is 20.8 Å². The Hall–Kier alpha value is -2.78. The van der Waals surface area contributed by atoms with Crippen molar-refractivity contribution in [3.63, 3.8) is 0 Å². The first-order valence-corrected chi connectivity index (χ1v) is 8.61. The van der Waals surface area contributed by atoms with E-state index in [-0.39, 0.29) is 12.0 Å². The SMILES string of the molecule is COc1ccc(C(C)(c2ccc(CO)cc2)c2ccc(OC)cc2)cc1. The maximum absolute atomic E-state index is 9.35. The summed E-state index contributed by atoms with van der Waals surface area (Å²) in [5.74, 6) is 1.67. The van der Waals surface area contributed by atoms with Gasteiger partial charge in [0, 0.05) is 5.41 Å². The summed E-state index contributed by atoms with van der Waals surface area (Å²) in [6.07, 6.45) is 0. The van der Waals surface area contributed by atoms with Gasteiger partial charge in [-0.25, -0.2) is 0 Å². The smallest absolute Gasteiger partial charge is 0.118 e. The summed E-state index contributed by atoms with van der Waals surface area (Å²) >= 11 is 0. The van der Waals surface area contributed by atoms with E-state index in [1.54, 1.807) is 14.2 Å². The lowest BCUT2D eigenvalue weighted by atomic mass is 9.71. The lowest BCUT2D eigenvalue weighted by molar-refractivity contribution is 0.282. The van der Waals surface area contributed by atoms with Gasteiger partial charge in [-0.05, 0) is 53.4 Å². The van der Waals surface area contributed by atoms with Crippen molar-refractivity contribution in [3.8, 4) is 11.5 Å². The van der Waals surface area contributed by atoms with Gasteiger partial charge < -0.3 is 14.6 Å². The minimum atomic E-state index is -0.341. The molecule has 1 N–H and O–H groups in total. The molecule has 0 radical (unpaired) electrons. The van der Waals surface area contributed by atoms with Crippen molar-refractivity contribution in [2.24, 2.45) is 0 Å². The van der Waals surface area contributed by atoms with E-state index < -0.39 is 0 Å². The van der Waals surface area contributed by atoms with Gasteiger partial charge in [-0.15, -0.1) is 0 Å². The molecule has 0 aromatic heterocycles. The van der Waals surface area contributed by atoms with Gasteiger partial charge >= 0.3 is 0 Å². The fourth-order valence-corrected chi connectivity index (χ4v) is 3.29. The Morgan fingerprint density at radius 2 is 1.00 bits per heavy atom. The average Bonchev–Trinajstić information content (AvgIpc) is 2.73. The van der Waals surface area contributed by atoms with Gasteiger partial charge in [-0.2, -0.15) is 0 Å². The number of benzene rings is 3. The summed E-state index contributed by atoms with van der Waals surface area (Å²) in [5, 5.41) is 9.35. The summed E-state index contributed by atoms with van der Waals surface area (Å²) in [6.45, 7) is 2.26. The zero-order chi connectivity index (χ0) is 18.6. The standard InChI is InChI=1S/C23H24O3/c1-23(18-6-4-17(16-24)5-7-18,19-8-12-21(25-2)13-9-19)20-10-14-22(26-3)15-11-20/h4-15,24H,16H2,1-3H3. The van der Waals surface area contributed by atoms with Crippen LogP contribution in [0.3, 0.4) is 0 Å². The van der Waals surface area contributed by atoms with Crippen molar-refractivity contribution in [2.75, 3.05) is 14.2 Å². The molecule has 26 heavy (non-hydrogen) atoms. The van der Waals surface area contributed by atoms with Crippen LogP contribution in [0.5, 0.6) is 11.5 Å². The molecule has 0 heterocycles. The molecule has 0 saturated heterocycles. The molecule has 0 atom stereocenters. The Bertz CT molecular complexity index is 718. The van der Waals surface area contributed by atoms with Crippen LogP contribution >= 0.6 is 0 Å². The molecule has 0 aliphatic heterocycles. The number of rotatable bonds is 6. The third kappa shape index (κ3) is 3.31. The van der Waals surface area contributed by atoms with Gasteiger partial charge in [-0.3, -0.25) is 0 Å². The molecule has 0 aliphatic rings. The highest BCUT2D eigenvalue weighted by atomic mass is 16.5. The van der Waals surface area contributed by atoms with E-state index in [2.05, 4.69) is 43.3 Å². The van der Waals surface area contributed by atoms with E-state index in [1.165, 1.54) is 11.1 Å². The minimum Gasteiger partial charge on any atom is -0.497 e. The average molecular weight is 348 g/mol. The predicted molar refractivity (Wildman–Crippen MR) is 104 cm³/mol. The van der Waals surface area contributed by atoms with Crippen LogP contribution in [-0.4, -0.2) is 19.3 Å². The Balaban J connectivity index is 2.15. The molecule has 0 amide bonds. The number of methoxy groups -OCH3 is 2. The van der Waals surface area contributed by atoms with Crippen molar-refractivity contribution in [1.29, 1.82) is 0 Å². The van der Waals surface area contributed by atoms with Gasteiger partial charge in [0.15, 0.2) is 0 Å². The van der Waals surface area contributed by atoms with Crippen LogP contribution in [0.2, 0.25) is 0 Å². The maximum Gasteiger partial charge on any atom is 0.118 e. The first-order valence-electron chi connectivity index (χ1n) is 8.61. The summed E-state index contributed by atoms with van der Waals surface area (Å²) in [4.78, 5) is 0. The number of ether oxygens (including phenoxy) is 2. The van der Waals surface area contributed by atoms with E-state index in [4.69, 9.17) is 9.47 Å². The Labute approximate surface area is 154 Å². The number of aliphatic hydroxyl groups excluding tert-OH is 1. The Morgan fingerprint density at radius 3 is 1.31 bits per heavy atom. The van der Waals surface area contributed by atoms with Crippen molar-refractivity contribution < 1.29 is 14.6 Å². The normalized spacial score (nSPS) is 11.2. The third-order valence-electron chi connectivity index (χ3n) is 5.05. The quantitative estimate of drug-likeness (QED) is 0.664. The molecular weight excluding hydrogens is 324 g/mol. The molecule has 0 bridgehead atoms. The number of aliphatic hydroxyl groups is 1. The molecule has 3 nitrogen and oxygen atoms in total. The summed E-state index contributed by atoms with van der Waals surface area (Å²) < 4.78 is 10.6. The molecule has 134 valence electrons. The molecule has 0 aliphatic carbocycles. The second-order valence-electron chi connectivity index (χ2n) is 6.44. The van der Waals surface area contributed by atoms with E-state index in [1.807, 2.05) is 36.4 Å². The number of hydrogen-bond donors (Lipinski definition) is 1. The first-order chi connectivity index (χ1) is 12.6. The summed E-state index contributed by atoms with van der Waals surface area (Å²) in [7, 11) is 3.34. The highest BCUT2D eigenvalue weighted by Crippen LogP contribution is 2.40. The topological polar surface area (TPSA) is 38.7 Å². The van der Waals surface area contributed by atoms with E-state index in [0.29, 0.717) is 0 Å². The molecule has 0 unspecified atom stereocenters. The van der Waals surface area contributed by atoms with Crippen molar-refractivity contribution in [3.05, 3.63) is 95.1 Å². The van der Waals surface area contributed by atoms with Crippen molar-refractivity contribution >= 4 is 0 Å². The fraction of sp³-hybridized carbons (Fsp3) is 0.217. The molecular formula is C23H24O3. The summed E-state index contributed by atoms with van der Waals surface area (Å²) in [5.41, 5.74) is 4.05. The molecule has 0 saturated carbocycles. The highest BCUT2D eigenvalue weighted by Gasteiger charge is 2.31. The second kappa shape index (κ2) is 7.63. The monoisotopic (exact) mass is 348 g/mol. The van der Waals surface area contributed by atoms with Crippen LogP contribution in [0.1, 0.15) is 29.2 Å². The predicted octanol–water partition coefficient (Wildman–Crippen LogP) is 4.55. The largest absolute Gasteiger partial charge is 0.497 e. The molecule has 0 spiro atoms. The zero-order valence-corrected chi connectivity index (χ0v) is 15.4. The maximum atomic E-state index is 9.35. The zero-order valence-electron chi connectivity index (χ0n) is 15.4. The van der Waals surface area contributed by atoms with Gasteiger partial charge in [0.25, 0.3) is 0 Å². The molecule has 3 aromatic carbocycles. The van der Waals surface area contributed by atoms with Crippen LogP contribution in [0.4, 0.5) is 0 Å². The molecule has 0 fully saturated rings. The minimum absolute atomic E-state index is 0.0437. The van der Waals surface area contributed by atoms with E-state index >= 15 is 0 Å². The van der Waals surface area contributed by atoms with E-state index in [9.17, 15) is 5.11 Å². The lowest BCUT2D eigenvalue weighted by Crippen LogP contribution is -2.25. The number of hydrogen-bond acceptors (Lipinski definition) is 3. The highest BCUT2D eigenvalue weighted by molar-refractivity contribution is 5.51. The first kappa shape index (κ1) is 18.0. The van der Waals surface area contributed by atoms with Gasteiger partial charge in [-0.1, -0.05) is 48.5 Å². The molecule has 3 aromatic rings. The summed E-state index contributed by atoms with van der Waals surface area (Å²) in [6, 6.07) is 24.5. The molecule has 3 heteroatoms. The van der Waals surface area contributed by atoms with Crippen molar-refractivity contribution in [1.82, 2.24) is 0 Å². The van der Waals surface area contributed by atoms with Crippen LogP contribution < -0.4 is 9.47 Å². The fourth-order valence-electron chi connectivity index (χ4n) is 3.29. The van der Waals surface area contributed by atoms with Gasteiger partial charge in [0.2, 0.25) is 0 Å². The van der Waals surface area contributed by atoms with E-state index in [0.717, 1.165) is 22.6 Å². The van der Waals surface area contributed by atoms with Gasteiger partial charge in [0.1, 0.15) is 11.5 Å². The second-order valence-corrected chi connectivity index (χ2v) is 6.44. The Kier molecular flexibility index (Phi) is 5.29. The Morgan fingerprint density at radius 1 is 0.654 bits per heavy atom. The lowest BCUT2D eigenvalue weighted by Gasteiger charge is -2.32. The van der Waals surface area contributed by atoms with Crippen LogP contribution in [-0.2, 0) is 12.0 Å². The van der Waals surface area contributed by atoms with Crippen LogP contribution in [0.15, 0.2) is 72.8 Å². The third-order valence-corrected chi connectivity index (χ3v) is 5.05. The molecule has 3 rings (SSSR count).